The van der Waals surface area contributed by atoms with E-state index in [4.69, 9.17) is 0 Å². The Bertz CT molecular complexity index is 307. The fraction of sp³-hybridized carbons (Fsp3) is 1.00. The zero-order valence-corrected chi connectivity index (χ0v) is 23.1. The summed E-state index contributed by atoms with van der Waals surface area (Å²) in [6, 6.07) is 5.47. The third kappa shape index (κ3) is 6.19. The molecule has 0 radical (unpaired) electrons. The minimum absolute atomic E-state index is 1.33. The molecule has 143 valence electrons. The molecule has 0 heterocycles. The first-order valence-electron chi connectivity index (χ1n) is 9.44. The molecule has 0 aliphatic carbocycles. The monoisotopic (exact) mass is 435 g/mol. The first-order chi connectivity index (χ1) is 10.2. The molecule has 0 bridgehead atoms. The van der Waals surface area contributed by atoms with E-state index in [-0.39, 0.29) is 0 Å². The van der Waals surface area contributed by atoms with Crippen LogP contribution in [0.1, 0.15) is 27.7 Å². The topological polar surface area (TPSA) is 6.48 Å². The Morgan fingerprint density at radius 3 is 0.783 bits per heavy atom. The second-order valence-electron chi connectivity index (χ2n) is 9.25. The summed E-state index contributed by atoms with van der Waals surface area (Å²) >= 11 is 1.63. The van der Waals surface area contributed by atoms with Crippen molar-refractivity contribution in [3.05, 3.63) is 0 Å². The Morgan fingerprint density at radius 1 is 0.478 bits per heavy atom. The first-order valence-corrected chi connectivity index (χ1v) is 23.0. The van der Waals surface area contributed by atoms with Crippen LogP contribution in [0, 0.1) is 0 Å². The zero-order valence-electron chi connectivity index (χ0n) is 18.1. The van der Waals surface area contributed by atoms with Crippen LogP contribution >= 0.6 is 0 Å². The summed E-state index contributed by atoms with van der Waals surface area (Å²) in [5.74, 6) is 0. The van der Waals surface area contributed by atoms with Gasteiger partial charge in [0.2, 0.25) is 0 Å². The van der Waals surface area contributed by atoms with Gasteiger partial charge in [0.1, 0.15) is 0 Å². The molecule has 2 nitrogen and oxygen atoms in total. The summed E-state index contributed by atoms with van der Waals surface area (Å²) in [5.41, 5.74) is 0. The van der Waals surface area contributed by atoms with Gasteiger partial charge in [-0.3, -0.25) is 0 Å². The van der Waals surface area contributed by atoms with Crippen molar-refractivity contribution in [3.63, 3.8) is 0 Å². The Kier molecular flexibility index (Phi) is 9.28. The molecule has 0 saturated heterocycles. The van der Waals surface area contributed by atoms with Gasteiger partial charge in [-0.25, -0.2) is 0 Å². The molecule has 0 atom stereocenters. The van der Waals surface area contributed by atoms with Crippen molar-refractivity contribution in [2.75, 3.05) is 0 Å². The van der Waals surface area contributed by atoms with Crippen LogP contribution in [0.4, 0.5) is 0 Å². The van der Waals surface area contributed by atoms with Crippen LogP contribution in [0.3, 0.4) is 0 Å². The van der Waals surface area contributed by atoms with Gasteiger partial charge in [-0.05, 0) is 0 Å². The third-order valence-electron chi connectivity index (χ3n) is 5.61. The van der Waals surface area contributed by atoms with Crippen molar-refractivity contribution in [1.82, 2.24) is 6.56 Å². The summed E-state index contributed by atoms with van der Waals surface area (Å²) in [5, 5.41) is 0. The molecular weight excluding hydrogens is 391 g/mol. The molecular formula is C16H44CoN2Si4. The number of hydrogen-bond acceptors (Lipinski definition) is 2. The van der Waals surface area contributed by atoms with Crippen molar-refractivity contribution in [1.29, 1.82) is 0 Å². The van der Waals surface area contributed by atoms with E-state index >= 15 is 0 Å². The van der Waals surface area contributed by atoms with Crippen molar-refractivity contribution >= 4 is 32.9 Å². The molecule has 0 aromatic rings. The average molecular weight is 436 g/mol. The Morgan fingerprint density at radius 2 is 0.652 bits per heavy atom. The number of rotatable bonds is 10. The molecule has 0 aliphatic rings. The average Bonchev–Trinajstić information content (AvgIpc) is 2.46. The van der Waals surface area contributed by atoms with E-state index in [0.29, 0.717) is 0 Å². The Balaban J connectivity index is 5.90. The van der Waals surface area contributed by atoms with E-state index in [2.05, 4.69) is 86.6 Å². The van der Waals surface area contributed by atoms with Crippen LogP contribution < -0.4 is 0 Å². The van der Waals surface area contributed by atoms with E-state index < -0.39 is 32.9 Å². The fourth-order valence-corrected chi connectivity index (χ4v) is 27.1. The van der Waals surface area contributed by atoms with Crippen molar-refractivity contribution in [2.24, 2.45) is 0 Å². The maximum atomic E-state index is 3.06. The van der Waals surface area contributed by atoms with Gasteiger partial charge in [0.25, 0.3) is 0 Å². The minimum atomic E-state index is -1.33. The van der Waals surface area contributed by atoms with E-state index in [1.807, 2.05) is 0 Å². The zero-order chi connectivity index (χ0) is 18.7. The van der Waals surface area contributed by atoms with Gasteiger partial charge in [0.05, 0.1) is 0 Å². The molecule has 0 unspecified atom stereocenters. The molecule has 0 aliphatic heterocycles. The van der Waals surface area contributed by atoms with E-state index in [9.17, 15) is 0 Å². The molecule has 0 N–H and O–H groups in total. The summed E-state index contributed by atoms with van der Waals surface area (Å²) in [6.07, 6.45) is 0. The third-order valence-corrected chi connectivity index (χ3v) is 32.9. The maximum absolute atomic E-state index is 3.06. The predicted octanol–water partition coefficient (Wildman–Crippen LogP) is 6.40. The fourth-order valence-electron chi connectivity index (χ4n) is 2.59. The van der Waals surface area contributed by atoms with Crippen molar-refractivity contribution < 1.29 is 15.1 Å². The van der Waals surface area contributed by atoms with Gasteiger partial charge in [0.15, 0.2) is 0 Å². The van der Waals surface area contributed by atoms with Crippen molar-refractivity contribution in [3.8, 4) is 0 Å². The van der Waals surface area contributed by atoms with Gasteiger partial charge in [0, 0.05) is 0 Å². The van der Waals surface area contributed by atoms with Crippen LogP contribution in [0.5, 0.6) is 0 Å². The van der Waals surface area contributed by atoms with Gasteiger partial charge in [-0.1, -0.05) is 0 Å². The van der Waals surface area contributed by atoms with Gasteiger partial charge in [-0.2, -0.15) is 0 Å². The summed E-state index contributed by atoms with van der Waals surface area (Å²) < 4.78 is 6.12. The second kappa shape index (κ2) is 8.79. The van der Waals surface area contributed by atoms with Crippen LogP contribution in [0.15, 0.2) is 0 Å². The second-order valence-corrected chi connectivity index (χ2v) is 32.0. The van der Waals surface area contributed by atoms with Crippen LogP contribution in [-0.4, -0.2) is 39.5 Å². The molecule has 0 rings (SSSR count). The van der Waals surface area contributed by atoms with Crippen LogP contribution in [0.2, 0.25) is 76.6 Å². The molecule has 0 amide bonds. The van der Waals surface area contributed by atoms with Gasteiger partial charge in [-0.15, -0.1) is 0 Å². The van der Waals surface area contributed by atoms with Crippen LogP contribution in [-0.2, 0) is 15.1 Å². The van der Waals surface area contributed by atoms with Crippen LogP contribution in [0.25, 0.3) is 0 Å². The van der Waals surface area contributed by atoms with E-state index in [1.54, 1.807) is 15.1 Å². The molecule has 0 saturated carbocycles. The molecule has 0 fully saturated rings. The molecule has 23 heavy (non-hydrogen) atoms. The summed E-state index contributed by atoms with van der Waals surface area (Å²) in [6.45, 7) is 30.5. The summed E-state index contributed by atoms with van der Waals surface area (Å²) in [4.78, 5) is 0. The quantitative estimate of drug-likeness (QED) is 0.366. The Labute approximate surface area is 158 Å². The Hall–Kier alpha value is 1.29. The SMILES string of the molecule is CC[Si](C)(C)[N]([Co][N]([Si](C)(C)CC)[Si](C)(C)CC)[Si](C)(C)CC. The predicted molar refractivity (Wildman–Crippen MR) is 116 cm³/mol. The van der Waals surface area contributed by atoms with Gasteiger partial charge >= 0.3 is 159 Å². The normalized spacial score (nSPS) is 15.0. The summed E-state index contributed by atoms with van der Waals surface area (Å²) in [7, 11) is -5.30. The molecule has 0 aromatic heterocycles. The molecule has 0 spiro atoms. The standard InChI is InChI=1S/2C8H22NSi2.Co/c2*1-7-10(3,4)9-11(5,6)8-2;/h2*7-8H2,1-6H3;/q2*-1;+2. The molecule has 7 heteroatoms. The number of hydrogen-bond donors (Lipinski definition) is 0. The van der Waals surface area contributed by atoms with E-state index in [1.165, 1.54) is 24.2 Å². The molecule has 0 aromatic carbocycles. The van der Waals surface area contributed by atoms with Gasteiger partial charge < -0.3 is 0 Å². The number of nitrogens with zero attached hydrogens (tertiary/aromatic N) is 2. The van der Waals surface area contributed by atoms with E-state index in [0.717, 1.165) is 0 Å². The van der Waals surface area contributed by atoms with Crippen molar-refractivity contribution in [2.45, 2.75) is 104 Å². The first kappa shape index (κ1) is 24.3.